The summed E-state index contributed by atoms with van der Waals surface area (Å²) in [6.07, 6.45) is -0.472. The van der Waals surface area contributed by atoms with Crippen molar-refractivity contribution in [1.29, 1.82) is 0 Å². The summed E-state index contributed by atoms with van der Waals surface area (Å²) in [5.74, 6) is 0.847. The predicted molar refractivity (Wildman–Crippen MR) is 238 cm³/mol. The van der Waals surface area contributed by atoms with Crippen LogP contribution in [0.1, 0.15) is 29.0 Å². The van der Waals surface area contributed by atoms with E-state index in [0.29, 0.717) is 0 Å². The highest BCUT2D eigenvalue weighted by molar-refractivity contribution is 7.26. The van der Waals surface area contributed by atoms with Crippen LogP contribution in [0.3, 0.4) is 0 Å². The fraction of sp³-hybridized carbons (Fsp3) is 0.0392. The van der Waals surface area contributed by atoms with E-state index in [0.717, 1.165) is 55.6 Å². The number of benzene rings is 8. The Labute approximate surface area is 332 Å². The molecule has 0 bridgehead atoms. The number of para-hydroxylation sites is 4. The Kier molecular flexibility index (Phi) is 7.24. The quantitative estimate of drug-likeness (QED) is 0.184. The van der Waals surface area contributed by atoms with Crippen LogP contribution in [0, 0.1) is 0 Å². The highest BCUT2D eigenvalue weighted by Crippen LogP contribution is 2.44. The van der Waals surface area contributed by atoms with E-state index in [1.54, 1.807) is 0 Å². The Morgan fingerprint density at radius 1 is 0.526 bits per heavy atom. The number of nitrogens with zero attached hydrogens (tertiary/aromatic N) is 2. The van der Waals surface area contributed by atoms with E-state index >= 15 is 0 Å². The topological polar surface area (TPSA) is 54.5 Å². The second-order valence-corrected chi connectivity index (χ2v) is 15.8. The summed E-state index contributed by atoms with van der Waals surface area (Å²) >= 11 is 1.85. The second-order valence-electron chi connectivity index (χ2n) is 14.7. The molecular formula is C51H34N4OS. The van der Waals surface area contributed by atoms with Gasteiger partial charge >= 0.3 is 0 Å². The van der Waals surface area contributed by atoms with E-state index in [-0.39, 0.29) is 12.3 Å². The molecular weight excluding hydrogens is 717 g/mol. The largest absolute Gasteiger partial charge is 0.455 e. The SMILES string of the molecule is c1ccc(C2=NC(c3cccc4c3oc3c(-c5ccc6c(c5)sc5cccc(-n7c8ccccc8c8ccccc87)c56)cccc34)NC(c3ccccc3)N2)cc1. The molecule has 2 unspecified atom stereocenters. The summed E-state index contributed by atoms with van der Waals surface area (Å²) in [4.78, 5) is 5.25. The molecule has 6 heteroatoms. The molecule has 3 aromatic heterocycles. The highest BCUT2D eigenvalue weighted by atomic mass is 32.1. The van der Waals surface area contributed by atoms with E-state index in [2.05, 4.69) is 185 Å². The van der Waals surface area contributed by atoms with E-state index < -0.39 is 0 Å². The maximum Gasteiger partial charge on any atom is 0.143 e. The van der Waals surface area contributed by atoms with Crippen LogP contribution in [0.2, 0.25) is 0 Å². The van der Waals surface area contributed by atoms with Crippen LogP contribution in [-0.2, 0) is 0 Å². The maximum atomic E-state index is 7.00. The second kappa shape index (κ2) is 12.8. The Morgan fingerprint density at radius 2 is 1.19 bits per heavy atom. The first-order valence-corrected chi connectivity index (χ1v) is 20.2. The molecule has 0 fully saturated rings. The molecule has 4 heterocycles. The van der Waals surface area contributed by atoms with Crippen LogP contribution in [0.5, 0.6) is 0 Å². The van der Waals surface area contributed by atoms with Crippen LogP contribution in [0.4, 0.5) is 0 Å². The summed E-state index contributed by atoms with van der Waals surface area (Å²) in [5, 5.41) is 14.7. The van der Waals surface area contributed by atoms with Crippen LogP contribution >= 0.6 is 11.3 Å². The number of hydrogen-bond acceptors (Lipinski definition) is 5. The minimum atomic E-state index is -0.335. The fourth-order valence-electron chi connectivity index (χ4n) is 8.91. The summed E-state index contributed by atoms with van der Waals surface area (Å²) < 4.78 is 12.0. The van der Waals surface area contributed by atoms with Gasteiger partial charge in [-0.3, -0.25) is 5.32 Å². The molecule has 0 spiro atoms. The molecule has 5 nitrogen and oxygen atoms in total. The lowest BCUT2D eigenvalue weighted by molar-refractivity contribution is 0.408. The van der Waals surface area contributed by atoms with Gasteiger partial charge in [0.2, 0.25) is 0 Å². The van der Waals surface area contributed by atoms with Gasteiger partial charge in [-0.05, 0) is 41.5 Å². The van der Waals surface area contributed by atoms with Crippen molar-refractivity contribution >= 4 is 81.1 Å². The van der Waals surface area contributed by atoms with Gasteiger partial charge in [0.05, 0.1) is 16.7 Å². The number of rotatable bonds is 5. The van der Waals surface area contributed by atoms with Crippen molar-refractivity contribution in [2.45, 2.75) is 12.3 Å². The van der Waals surface area contributed by atoms with Gasteiger partial charge in [-0.15, -0.1) is 11.3 Å². The number of fused-ring (bicyclic) bond motifs is 9. The lowest BCUT2D eigenvalue weighted by atomic mass is 10.00. The summed E-state index contributed by atoms with van der Waals surface area (Å²) in [5.41, 5.74) is 10.8. The van der Waals surface area contributed by atoms with E-state index in [1.165, 1.54) is 47.7 Å². The van der Waals surface area contributed by atoms with E-state index in [1.807, 2.05) is 23.5 Å². The zero-order valence-corrected chi connectivity index (χ0v) is 31.5. The molecule has 57 heavy (non-hydrogen) atoms. The van der Waals surface area contributed by atoms with E-state index in [9.17, 15) is 0 Å². The Morgan fingerprint density at radius 3 is 1.98 bits per heavy atom. The van der Waals surface area contributed by atoms with Crippen molar-refractivity contribution in [3.05, 3.63) is 199 Å². The Bertz CT molecular complexity index is 3320. The van der Waals surface area contributed by atoms with Gasteiger partial charge in [-0.25, -0.2) is 4.99 Å². The van der Waals surface area contributed by atoms with Crippen molar-refractivity contribution in [3.63, 3.8) is 0 Å². The van der Waals surface area contributed by atoms with Crippen molar-refractivity contribution < 1.29 is 4.42 Å². The van der Waals surface area contributed by atoms with Crippen LogP contribution in [0.15, 0.2) is 191 Å². The van der Waals surface area contributed by atoms with Crippen molar-refractivity contribution in [1.82, 2.24) is 15.2 Å². The maximum absolute atomic E-state index is 7.00. The standard InChI is InChI=1S/C51H34N4OS/c1-3-14-31(15-4-1)49-52-50(32-16-5-2-6-17-32)54-51(53-49)40-23-12-22-38-37-21-11-20-34(47(37)56-48(38)40)33-28-29-39-45(30-33)57-44-27-13-26-43(46(39)44)55-41-24-9-7-18-35(41)36-19-8-10-25-42(36)55/h1-30,49,51,53H,(H,52,54). The first kappa shape index (κ1) is 32.3. The molecule has 2 atom stereocenters. The first-order chi connectivity index (χ1) is 28.3. The molecule has 8 aromatic carbocycles. The molecule has 270 valence electrons. The third-order valence-corrected chi connectivity index (χ3v) is 12.6. The van der Waals surface area contributed by atoms with Gasteiger partial charge in [0.25, 0.3) is 0 Å². The number of aromatic nitrogens is 1. The van der Waals surface area contributed by atoms with Crippen molar-refractivity contribution in [3.8, 4) is 16.8 Å². The number of thiophene rings is 1. The number of amidine groups is 1. The number of furan rings is 1. The first-order valence-electron chi connectivity index (χ1n) is 19.4. The molecule has 12 rings (SSSR count). The molecule has 0 radical (unpaired) electrons. The summed E-state index contributed by atoms with van der Waals surface area (Å²) in [7, 11) is 0. The monoisotopic (exact) mass is 750 g/mol. The average Bonchev–Trinajstić information content (AvgIpc) is 3.96. The van der Waals surface area contributed by atoms with E-state index in [4.69, 9.17) is 9.41 Å². The van der Waals surface area contributed by atoms with Crippen molar-refractivity contribution in [2.75, 3.05) is 0 Å². The van der Waals surface area contributed by atoms with Crippen LogP contribution < -0.4 is 10.6 Å². The molecule has 11 aromatic rings. The fourth-order valence-corrected chi connectivity index (χ4v) is 10.1. The number of nitrogens with one attached hydrogen (secondary N) is 2. The van der Waals surface area contributed by atoms with Gasteiger partial charge in [0.15, 0.2) is 0 Å². The molecule has 0 saturated heterocycles. The minimum Gasteiger partial charge on any atom is -0.455 e. The zero-order chi connectivity index (χ0) is 37.5. The smallest absolute Gasteiger partial charge is 0.143 e. The average molecular weight is 751 g/mol. The lowest BCUT2D eigenvalue weighted by Gasteiger charge is -2.32. The Hall–Kier alpha value is -6.99. The predicted octanol–water partition coefficient (Wildman–Crippen LogP) is 13.1. The third kappa shape index (κ3) is 5.08. The number of aliphatic imine (C=N–C) groups is 1. The Balaban J connectivity index is 0.995. The molecule has 1 aliphatic heterocycles. The third-order valence-electron chi connectivity index (χ3n) is 11.5. The normalized spacial score (nSPS) is 15.9. The van der Waals surface area contributed by atoms with Gasteiger partial charge < -0.3 is 14.3 Å². The summed E-state index contributed by atoms with van der Waals surface area (Å²) in [6, 6.07) is 64.8. The van der Waals surface area contributed by atoms with Gasteiger partial charge in [-0.2, -0.15) is 0 Å². The molecule has 1 aliphatic rings. The highest BCUT2D eigenvalue weighted by Gasteiger charge is 2.28. The van der Waals surface area contributed by atoms with Crippen molar-refractivity contribution in [2.24, 2.45) is 4.99 Å². The van der Waals surface area contributed by atoms with Gasteiger partial charge in [-0.1, -0.05) is 152 Å². The molecule has 0 saturated carbocycles. The molecule has 2 N–H and O–H groups in total. The lowest BCUT2D eigenvalue weighted by Crippen LogP contribution is -2.44. The number of hydrogen-bond donors (Lipinski definition) is 2. The minimum absolute atomic E-state index is 0.136. The summed E-state index contributed by atoms with van der Waals surface area (Å²) in [6.45, 7) is 0. The van der Waals surface area contributed by atoms with Gasteiger partial charge in [0.1, 0.15) is 29.3 Å². The van der Waals surface area contributed by atoms with Gasteiger partial charge in [0, 0.05) is 58.4 Å². The van der Waals surface area contributed by atoms with Crippen LogP contribution in [0.25, 0.3) is 80.7 Å². The zero-order valence-electron chi connectivity index (χ0n) is 30.7. The molecule has 0 aliphatic carbocycles. The van der Waals surface area contributed by atoms with Crippen LogP contribution in [-0.4, -0.2) is 10.4 Å². The molecule has 0 amide bonds.